The summed E-state index contributed by atoms with van der Waals surface area (Å²) in [6, 6.07) is 13.4. The summed E-state index contributed by atoms with van der Waals surface area (Å²) in [6.45, 7) is 11.9. The molecule has 1 heterocycles. The maximum Gasteiger partial charge on any atom is 0.146 e. The fourth-order valence-corrected chi connectivity index (χ4v) is 10.4. The summed E-state index contributed by atoms with van der Waals surface area (Å²) in [5, 5.41) is 2.91. The smallest absolute Gasteiger partial charge is 0.146 e. The summed E-state index contributed by atoms with van der Waals surface area (Å²) < 4.78 is 1.19. The van der Waals surface area contributed by atoms with E-state index in [0.717, 1.165) is 6.42 Å². The second-order valence-electron chi connectivity index (χ2n) is 7.30. The molecule has 3 heteroatoms. The average molecular weight is 404 g/mol. The second kappa shape index (κ2) is 8.44. The Morgan fingerprint density at radius 3 is 2.29 bits per heavy atom. The monoisotopic (exact) mass is 403 g/mol. The van der Waals surface area contributed by atoms with Crippen LogP contribution in [-0.2, 0) is 6.42 Å². The van der Waals surface area contributed by atoms with Crippen molar-refractivity contribution in [1.29, 1.82) is 0 Å². The van der Waals surface area contributed by atoms with Crippen molar-refractivity contribution in [2.24, 2.45) is 0 Å². The number of rotatable bonds is 7. The van der Waals surface area contributed by atoms with Crippen LogP contribution in [0.25, 0.3) is 0 Å². The molecule has 0 aliphatic heterocycles. The number of pyridine rings is 1. The molecule has 2 rings (SSSR count). The molecular weight excluding hydrogens is 374 g/mol. The molecule has 24 heavy (non-hydrogen) atoms. The highest BCUT2D eigenvalue weighted by Gasteiger charge is 2.45. The van der Waals surface area contributed by atoms with Crippen molar-refractivity contribution < 1.29 is 0 Å². The molecule has 0 saturated carbocycles. The quantitative estimate of drug-likeness (QED) is 0.550. The summed E-state index contributed by atoms with van der Waals surface area (Å²) in [6.07, 6.45) is 5.60. The lowest BCUT2D eigenvalue weighted by Crippen LogP contribution is -2.64. The molecule has 0 aliphatic rings. The number of unbranched alkanes of at least 4 members (excludes halogenated alkanes) is 1. The maximum atomic E-state index is 4.86. The fourth-order valence-electron chi connectivity index (χ4n) is 4.17. The minimum absolute atomic E-state index is 0.606. The zero-order chi connectivity index (χ0) is 17.7. The van der Waals surface area contributed by atoms with Gasteiger partial charge >= 0.3 is 0 Å². The molecule has 0 amide bonds. The largest absolute Gasteiger partial charge is 0.266 e. The Morgan fingerprint density at radius 1 is 1.04 bits per heavy atom. The first-order valence-electron chi connectivity index (χ1n) is 9.14. The van der Waals surface area contributed by atoms with Gasteiger partial charge in [0, 0.05) is 16.0 Å². The molecule has 2 aromatic rings. The Balaban J connectivity index is 2.73. The lowest BCUT2D eigenvalue weighted by molar-refractivity contribution is 0.795. The first-order valence-corrected chi connectivity index (χ1v) is 12.1. The molecule has 1 aromatic heterocycles. The van der Waals surface area contributed by atoms with Crippen LogP contribution in [0.4, 0.5) is 0 Å². The van der Waals surface area contributed by atoms with Crippen LogP contribution in [0.1, 0.15) is 53.0 Å². The van der Waals surface area contributed by atoms with Crippen molar-refractivity contribution in [1.82, 2.24) is 4.98 Å². The van der Waals surface area contributed by atoms with Gasteiger partial charge in [-0.2, -0.15) is 0 Å². The topological polar surface area (TPSA) is 12.9 Å². The van der Waals surface area contributed by atoms with Crippen LogP contribution in [0.2, 0.25) is 11.1 Å². The Bertz CT molecular complexity index is 644. The highest BCUT2D eigenvalue weighted by atomic mass is 79.9. The van der Waals surface area contributed by atoms with Gasteiger partial charge in [-0.1, -0.05) is 69.1 Å². The average Bonchev–Trinajstić information content (AvgIpc) is 2.55. The number of halogens is 1. The third-order valence-electron chi connectivity index (χ3n) is 5.22. The Labute approximate surface area is 157 Å². The van der Waals surface area contributed by atoms with E-state index >= 15 is 0 Å². The number of aryl methyl sites for hydroxylation is 1. The third-order valence-corrected chi connectivity index (χ3v) is 11.9. The summed E-state index contributed by atoms with van der Waals surface area (Å²) in [7, 11) is -1.95. The van der Waals surface area contributed by atoms with E-state index in [1.807, 2.05) is 12.3 Å². The molecule has 0 fully saturated rings. The summed E-state index contributed by atoms with van der Waals surface area (Å²) in [5.41, 5.74) is 2.73. The Morgan fingerprint density at radius 2 is 1.75 bits per heavy atom. The third kappa shape index (κ3) is 3.67. The van der Waals surface area contributed by atoms with Gasteiger partial charge in [-0.3, -0.25) is 4.98 Å². The van der Waals surface area contributed by atoms with Crippen molar-refractivity contribution in [3.63, 3.8) is 0 Å². The number of benzene rings is 1. The van der Waals surface area contributed by atoms with Crippen molar-refractivity contribution in [2.45, 2.75) is 65.0 Å². The molecule has 0 N–H and O–H groups in total. The van der Waals surface area contributed by atoms with Gasteiger partial charge in [0.2, 0.25) is 0 Å². The molecule has 0 unspecified atom stereocenters. The van der Waals surface area contributed by atoms with Crippen LogP contribution in [0.5, 0.6) is 0 Å². The predicted molar refractivity (Wildman–Crippen MR) is 112 cm³/mol. The molecule has 0 spiro atoms. The SMILES string of the molecule is CCCCc1cc(Br)ccc1[Si](c1ccccn1)(C(C)C)C(C)C. The first-order chi connectivity index (χ1) is 11.4. The minimum atomic E-state index is -1.95. The van der Waals surface area contributed by atoms with Crippen molar-refractivity contribution in [2.75, 3.05) is 0 Å². The Kier molecular flexibility index (Phi) is 6.82. The van der Waals surface area contributed by atoms with Gasteiger partial charge in [-0.15, -0.1) is 0 Å². The van der Waals surface area contributed by atoms with E-state index in [9.17, 15) is 0 Å². The molecule has 0 aliphatic carbocycles. The zero-order valence-electron chi connectivity index (χ0n) is 15.6. The van der Waals surface area contributed by atoms with Crippen molar-refractivity contribution in [3.8, 4) is 0 Å². The van der Waals surface area contributed by atoms with E-state index in [0.29, 0.717) is 11.1 Å². The van der Waals surface area contributed by atoms with Gasteiger partial charge in [0.15, 0.2) is 0 Å². The van der Waals surface area contributed by atoms with Crippen LogP contribution in [0.3, 0.4) is 0 Å². The van der Waals surface area contributed by atoms with E-state index in [-0.39, 0.29) is 0 Å². The van der Waals surface area contributed by atoms with Gasteiger partial charge in [0.05, 0.1) is 0 Å². The van der Waals surface area contributed by atoms with Gasteiger partial charge in [-0.05, 0) is 58.9 Å². The van der Waals surface area contributed by atoms with Crippen LogP contribution in [0.15, 0.2) is 47.1 Å². The molecule has 0 radical (unpaired) electrons. The molecule has 0 saturated heterocycles. The van der Waals surface area contributed by atoms with E-state index in [4.69, 9.17) is 4.98 Å². The Hall–Kier alpha value is -0.933. The standard InChI is InChI=1S/C21H30BrNSi/c1-6-7-10-18-15-19(22)12-13-20(18)24(16(2)3,17(4)5)21-11-8-9-14-23-21/h8-9,11-17H,6-7,10H2,1-5H3. The van der Waals surface area contributed by atoms with Gasteiger partial charge < -0.3 is 0 Å². The molecular formula is C21H30BrNSi. The fraction of sp³-hybridized carbons (Fsp3) is 0.476. The van der Waals surface area contributed by atoms with Crippen LogP contribution in [-0.4, -0.2) is 13.1 Å². The second-order valence-corrected chi connectivity index (χ2v) is 13.3. The molecule has 1 nitrogen and oxygen atoms in total. The normalized spacial score (nSPS) is 12.2. The molecule has 0 atom stereocenters. The first kappa shape index (κ1) is 19.4. The van der Waals surface area contributed by atoms with Crippen LogP contribution < -0.4 is 10.5 Å². The van der Waals surface area contributed by atoms with E-state index < -0.39 is 8.07 Å². The minimum Gasteiger partial charge on any atom is -0.266 e. The van der Waals surface area contributed by atoms with E-state index in [2.05, 4.69) is 80.9 Å². The number of hydrogen-bond donors (Lipinski definition) is 0. The maximum absolute atomic E-state index is 4.86. The van der Waals surface area contributed by atoms with Gasteiger partial charge in [0.25, 0.3) is 0 Å². The summed E-state index contributed by atoms with van der Waals surface area (Å²) >= 11 is 3.69. The molecule has 0 bridgehead atoms. The van der Waals surface area contributed by atoms with Crippen molar-refractivity contribution in [3.05, 3.63) is 52.6 Å². The number of nitrogens with zero attached hydrogens (tertiary/aromatic N) is 1. The molecule has 1 aromatic carbocycles. The number of aromatic nitrogens is 1. The lowest BCUT2D eigenvalue weighted by Gasteiger charge is -2.40. The summed E-state index contributed by atoms with van der Waals surface area (Å²) in [4.78, 5) is 4.86. The number of hydrogen-bond acceptors (Lipinski definition) is 1. The highest BCUT2D eigenvalue weighted by Crippen LogP contribution is 2.33. The highest BCUT2D eigenvalue weighted by molar-refractivity contribution is 9.10. The molecule has 130 valence electrons. The van der Waals surface area contributed by atoms with Crippen LogP contribution >= 0.6 is 15.9 Å². The van der Waals surface area contributed by atoms with E-state index in [1.165, 1.54) is 28.2 Å². The van der Waals surface area contributed by atoms with Gasteiger partial charge in [0.1, 0.15) is 8.07 Å². The zero-order valence-corrected chi connectivity index (χ0v) is 18.2. The predicted octanol–water partition coefficient (Wildman–Crippen LogP) is 5.57. The van der Waals surface area contributed by atoms with E-state index in [1.54, 1.807) is 5.19 Å². The lowest BCUT2D eigenvalue weighted by atomic mass is 10.1. The van der Waals surface area contributed by atoms with Gasteiger partial charge in [-0.25, -0.2) is 0 Å². The van der Waals surface area contributed by atoms with Crippen LogP contribution in [0, 0.1) is 0 Å². The summed E-state index contributed by atoms with van der Waals surface area (Å²) in [5.74, 6) is 0. The van der Waals surface area contributed by atoms with Crippen molar-refractivity contribution >= 4 is 34.5 Å².